The van der Waals surface area contributed by atoms with Crippen LogP contribution in [0, 0.1) is 0 Å². The summed E-state index contributed by atoms with van der Waals surface area (Å²) in [5.74, 6) is -2.09. The Bertz CT molecular complexity index is 2100. The molecule has 0 saturated carbocycles. The lowest BCUT2D eigenvalue weighted by atomic mass is 10.0. The fourth-order valence-corrected chi connectivity index (χ4v) is 16.3. The number of rotatable bonds is 94. The second-order valence-corrected chi connectivity index (χ2v) is 36.3. The molecular weight excluding hydrogens is 1450 g/mol. The molecule has 17 nitrogen and oxygen atoms in total. The molecular formula is C93H182O17P2. The minimum absolute atomic E-state index is 0.110. The smallest absolute Gasteiger partial charge is 0.462 e. The van der Waals surface area contributed by atoms with Gasteiger partial charge in [0.25, 0.3) is 0 Å². The zero-order chi connectivity index (χ0) is 81.7. The molecule has 3 N–H and O–H groups in total. The zero-order valence-corrected chi connectivity index (χ0v) is 75.5. The number of esters is 4. The molecule has 0 spiro atoms. The summed E-state index contributed by atoms with van der Waals surface area (Å²) in [6, 6.07) is 0. The van der Waals surface area contributed by atoms with Crippen molar-refractivity contribution in [3.05, 3.63) is 0 Å². The molecule has 0 heterocycles. The summed E-state index contributed by atoms with van der Waals surface area (Å²) in [4.78, 5) is 73.5. The molecule has 0 bridgehead atoms. The molecule has 0 aliphatic carbocycles. The van der Waals surface area contributed by atoms with E-state index in [4.69, 9.17) is 37.0 Å². The van der Waals surface area contributed by atoms with Gasteiger partial charge in [-0.05, 0) is 25.7 Å². The van der Waals surface area contributed by atoms with Crippen LogP contribution in [0.1, 0.15) is 516 Å². The average molecular weight is 1630 g/mol. The molecule has 666 valence electrons. The number of phosphoric acid groups is 2. The van der Waals surface area contributed by atoms with Crippen molar-refractivity contribution in [3.8, 4) is 0 Å². The van der Waals surface area contributed by atoms with Gasteiger partial charge in [-0.2, -0.15) is 0 Å². The first kappa shape index (κ1) is 110. The largest absolute Gasteiger partial charge is 0.472 e. The highest BCUT2D eigenvalue weighted by molar-refractivity contribution is 7.47. The SMILES string of the molecule is CCCCCCCCCCCCCCCCCCCCCCCC(=O)OC[C@H](COP(=O)(O)OC[C@@H](O)COP(=O)(O)OC[C@@H](COC(=O)CCCCCCCCCCCCCCC)OC(=O)CCCCCCCCCCCCCCCCCCC)OC(=O)CCCCCCCCCCCCCCCCCCCCCCC. The zero-order valence-electron chi connectivity index (χ0n) is 73.7. The molecule has 0 saturated heterocycles. The molecule has 0 aromatic carbocycles. The van der Waals surface area contributed by atoms with Crippen molar-refractivity contribution in [1.82, 2.24) is 0 Å². The first-order valence-electron chi connectivity index (χ1n) is 48.3. The Morgan fingerprint density at radius 1 is 0.214 bits per heavy atom. The highest BCUT2D eigenvalue weighted by Crippen LogP contribution is 2.45. The van der Waals surface area contributed by atoms with Gasteiger partial charge in [-0.15, -0.1) is 0 Å². The average Bonchev–Trinajstić information content (AvgIpc) is 0.900. The fraction of sp³-hybridized carbons (Fsp3) is 0.957. The summed E-state index contributed by atoms with van der Waals surface area (Å²) < 4.78 is 69.2. The van der Waals surface area contributed by atoms with Crippen LogP contribution in [0.15, 0.2) is 0 Å². The maximum atomic E-state index is 13.2. The molecule has 5 atom stereocenters. The molecule has 0 amide bonds. The Kier molecular flexibility index (Phi) is 85.4. The number of phosphoric ester groups is 2. The third kappa shape index (κ3) is 85.9. The topological polar surface area (TPSA) is 237 Å². The van der Waals surface area contributed by atoms with Gasteiger partial charge in [0, 0.05) is 25.7 Å². The molecule has 0 aliphatic heterocycles. The van der Waals surface area contributed by atoms with Crippen LogP contribution in [0.25, 0.3) is 0 Å². The van der Waals surface area contributed by atoms with E-state index in [1.165, 1.54) is 347 Å². The number of hydrogen-bond acceptors (Lipinski definition) is 15. The van der Waals surface area contributed by atoms with Gasteiger partial charge in [0.1, 0.15) is 19.3 Å². The van der Waals surface area contributed by atoms with Gasteiger partial charge in [-0.3, -0.25) is 37.3 Å². The number of unbranched alkanes of at least 4 members (excludes halogenated alkanes) is 68. The number of hydrogen-bond donors (Lipinski definition) is 3. The van der Waals surface area contributed by atoms with Crippen molar-refractivity contribution in [2.45, 2.75) is 534 Å². The molecule has 0 fully saturated rings. The van der Waals surface area contributed by atoms with Crippen molar-refractivity contribution in [2.24, 2.45) is 0 Å². The molecule has 0 aromatic rings. The van der Waals surface area contributed by atoms with Crippen LogP contribution in [-0.4, -0.2) is 96.7 Å². The van der Waals surface area contributed by atoms with E-state index in [2.05, 4.69) is 27.7 Å². The second-order valence-electron chi connectivity index (χ2n) is 33.4. The van der Waals surface area contributed by atoms with E-state index in [0.717, 1.165) is 89.9 Å². The first-order valence-corrected chi connectivity index (χ1v) is 51.3. The molecule has 2 unspecified atom stereocenters. The van der Waals surface area contributed by atoms with Crippen LogP contribution >= 0.6 is 15.6 Å². The number of aliphatic hydroxyl groups excluding tert-OH is 1. The van der Waals surface area contributed by atoms with Crippen LogP contribution in [-0.2, 0) is 65.4 Å². The van der Waals surface area contributed by atoms with Crippen LogP contribution in [0.3, 0.4) is 0 Å². The Hall–Kier alpha value is -1.94. The Morgan fingerprint density at radius 2 is 0.357 bits per heavy atom. The maximum absolute atomic E-state index is 13.2. The van der Waals surface area contributed by atoms with Crippen molar-refractivity contribution in [3.63, 3.8) is 0 Å². The highest BCUT2D eigenvalue weighted by atomic mass is 31.2. The molecule has 0 aliphatic rings. The summed E-state index contributed by atoms with van der Waals surface area (Å²) >= 11 is 0. The van der Waals surface area contributed by atoms with E-state index in [9.17, 15) is 43.2 Å². The number of aliphatic hydroxyl groups is 1. The standard InChI is InChI=1S/C93H182O17P2/c1-5-9-13-17-21-25-29-33-36-39-41-43-45-48-50-54-58-62-66-70-74-78-91(96)104-84-89(110-93(98)80-76-72-68-64-60-56-52-49-46-44-42-40-37-34-30-26-22-18-14-10-6-2)86-108-112(101,102)106-82-87(94)81-105-111(99,100)107-85-88(83-103-90(95)77-73-69-65-61-57-53-32-28-24-20-16-12-8-4)109-92(97)79-75-71-67-63-59-55-51-47-38-35-31-27-23-19-15-11-7-3/h87-89,94H,5-86H2,1-4H3,(H,99,100)(H,101,102)/t87-,88+,89+/m0/s1. The highest BCUT2D eigenvalue weighted by Gasteiger charge is 2.31. The van der Waals surface area contributed by atoms with E-state index in [0.29, 0.717) is 25.7 Å². The van der Waals surface area contributed by atoms with Gasteiger partial charge in [-0.25, -0.2) is 9.13 Å². The Balaban J connectivity index is 5.25. The number of ether oxygens (including phenoxy) is 4. The van der Waals surface area contributed by atoms with Gasteiger partial charge >= 0.3 is 39.5 Å². The van der Waals surface area contributed by atoms with E-state index < -0.39 is 97.5 Å². The monoisotopic (exact) mass is 1630 g/mol. The van der Waals surface area contributed by atoms with Crippen LogP contribution in [0.5, 0.6) is 0 Å². The third-order valence-corrected chi connectivity index (χ3v) is 24.0. The lowest BCUT2D eigenvalue weighted by molar-refractivity contribution is -0.161. The van der Waals surface area contributed by atoms with Gasteiger partial charge in [0.05, 0.1) is 26.4 Å². The van der Waals surface area contributed by atoms with Gasteiger partial charge in [0.2, 0.25) is 0 Å². The van der Waals surface area contributed by atoms with Crippen LogP contribution < -0.4 is 0 Å². The van der Waals surface area contributed by atoms with Crippen LogP contribution in [0.2, 0.25) is 0 Å². The summed E-state index contributed by atoms with van der Waals surface area (Å²) in [6.07, 6.45) is 84.8. The Morgan fingerprint density at radius 3 is 0.527 bits per heavy atom. The van der Waals surface area contributed by atoms with E-state index >= 15 is 0 Å². The van der Waals surface area contributed by atoms with Crippen molar-refractivity contribution < 1.29 is 80.2 Å². The van der Waals surface area contributed by atoms with Crippen LogP contribution in [0.4, 0.5) is 0 Å². The summed E-state index contributed by atoms with van der Waals surface area (Å²) in [5.41, 5.74) is 0. The fourth-order valence-electron chi connectivity index (χ4n) is 14.8. The lowest BCUT2D eigenvalue weighted by Gasteiger charge is -2.21. The minimum Gasteiger partial charge on any atom is -0.462 e. The summed E-state index contributed by atoms with van der Waals surface area (Å²) in [7, 11) is -9.94. The van der Waals surface area contributed by atoms with Gasteiger partial charge in [-0.1, -0.05) is 464 Å². The second kappa shape index (κ2) is 86.9. The third-order valence-electron chi connectivity index (χ3n) is 22.1. The minimum atomic E-state index is -4.97. The molecule has 112 heavy (non-hydrogen) atoms. The number of carbonyl (C=O) groups excluding carboxylic acids is 4. The predicted octanol–water partition coefficient (Wildman–Crippen LogP) is 29.3. The van der Waals surface area contributed by atoms with E-state index in [-0.39, 0.29) is 25.7 Å². The van der Waals surface area contributed by atoms with Gasteiger partial charge in [0.15, 0.2) is 12.2 Å². The predicted molar refractivity (Wildman–Crippen MR) is 465 cm³/mol. The summed E-state index contributed by atoms with van der Waals surface area (Å²) in [6.45, 7) is 5.10. The molecule has 0 radical (unpaired) electrons. The van der Waals surface area contributed by atoms with Crippen molar-refractivity contribution in [2.75, 3.05) is 39.6 Å². The van der Waals surface area contributed by atoms with E-state index in [1.807, 2.05) is 0 Å². The summed E-state index contributed by atoms with van der Waals surface area (Å²) in [5, 5.41) is 10.7. The van der Waals surface area contributed by atoms with E-state index in [1.54, 1.807) is 0 Å². The van der Waals surface area contributed by atoms with Gasteiger partial charge < -0.3 is 33.8 Å². The quantitative estimate of drug-likeness (QED) is 0.0222. The molecule has 19 heteroatoms. The lowest BCUT2D eigenvalue weighted by Crippen LogP contribution is -2.30. The molecule has 0 aromatic heterocycles. The normalized spacial score (nSPS) is 13.6. The number of carbonyl (C=O) groups is 4. The Labute approximate surface area is 689 Å². The molecule has 0 rings (SSSR count). The van der Waals surface area contributed by atoms with Crippen molar-refractivity contribution >= 4 is 39.5 Å². The first-order chi connectivity index (χ1) is 54.7. The maximum Gasteiger partial charge on any atom is 0.472 e. The van der Waals surface area contributed by atoms with Crippen molar-refractivity contribution in [1.29, 1.82) is 0 Å².